The molecule has 0 unspecified atom stereocenters. The third kappa shape index (κ3) is 1.82. The number of hydrogen-bond acceptors (Lipinski definition) is 5. The Bertz CT molecular complexity index is 402. The lowest BCUT2D eigenvalue weighted by Gasteiger charge is -1.99. The highest BCUT2D eigenvalue weighted by atomic mass is 32.1. The van der Waals surface area contributed by atoms with Crippen molar-refractivity contribution in [3.63, 3.8) is 0 Å². The molecular formula is C8H7BN2O2S. The third-order valence-corrected chi connectivity index (χ3v) is 2.56. The van der Waals surface area contributed by atoms with Gasteiger partial charge in [0.1, 0.15) is 0 Å². The SMILES string of the molecule is OB(O)c1ccc(-c2cncs2)nc1. The van der Waals surface area contributed by atoms with E-state index in [4.69, 9.17) is 10.0 Å². The molecule has 2 aromatic rings. The molecule has 2 heterocycles. The molecule has 0 amide bonds. The molecule has 0 aliphatic carbocycles. The Kier molecular flexibility index (Phi) is 2.58. The number of aromatic nitrogens is 2. The molecule has 0 atom stereocenters. The summed E-state index contributed by atoms with van der Waals surface area (Å²) in [7, 11) is -1.46. The molecule has 0 saturated heterocycles. The second kappa shape index (κ2) is 3.87. The third-order valence-electron chi connectivity index (χ3n) is 1.77. The molecule has 2 N–H and O–H groups in total. The normalized spacial score (nSPS) is 10.1. The standard InChI is InChI=1S/C8H7BN2O2S/c12-9(13)6-1-2-7(11-3-6)8-4-10-5-14-8/h1-5,12-13H. The molecule has 2 aromatic heterocycles. The fourth-order valence-electron chi connectivity index (χ4n) is 1.05. The van der Waals surface area contributed by atoms with Crippen molar-refractivity contribution in [2.45, 2.75) is 0 Å². The Hall–Kier alpha value is -1.24. The first-order valence-electron chi connectivity index (χ1n) is 3.98. The van der Waals surface area contributed by atoms with E-state index in [1.165, 1.54) is 17.5 Å². The fraction of sp³-hybridized carbons (Fsp3) is 0. The van der Waals surface area contributed by atoms with E-state index in [-0.39, 0.29) is 0 Å². The first-order chi connectivity index (χ1) is 6.77. The summed E-state index contributed by atoms with van der Waals surface area (Å²) in [5.74, 6) is 0. The minimum absolute atomic E-state index is 0.387. The molecule has 0 spiro atoms. The van der Waals surface area contributed by atoms with Crippen molar-refractivity contribution in [1.82, 2.24) is 9.97 Å². The molecule has 0 aliphatic rings. The molecule has 0 radical (unpaired) electrons. The predicted molar refractivity (Wildman–Crippen MR) is 55.2 cm³/mol. The lowest BCUT2D eigenvalue weighted by molar-refractivity contribution is 0.425. The average Bonchev–Trinajstić information content (AvgIpc) is 2.71. The van der Waals surface area contributed by atoms with Crippen molar-refractivity contribution in [3.8, 4) is 10.6 Å². The molecule has 0 aromatic carbocycles. The van der Waals surface area contributed by atoms with Gasteiger partial charge >= 0.3 is 7.12 Å². The van der Waals surface area contributed by atoms with E-state index in [9.17, 15) is 0 Å². The van der Waals surface area contributed by atoms with Crippen molar-refractivity contribution in [3.05, 3.63) is 30.0 Å². The Balaban J connectivity index is 2.31. The first-order valence-corrected chi connectivity index (χ1v) is 4.86. The van der Waals surface area contributed by atoms with E-state index < -0.39 is 7.12 Å². The summed E-state index contributed by atoms with van der Waals surface area (Å²) < 4.78 is 0. The quantitative estimate of drug-likeness (QED) is 0.672. The van der Waals surface area contributed by atoms with E-state index in [1.54, 1.807) is 23.8 Å². The number of nitrogens with zero attached hydrogens (tertiary/aromatic N) is 2. The maximum Gasteiger partial charge on any atom is 0.490 e. The van der Waals surface area contributed by atoms with Crippen molar-refractivity contribution in [1.29, 1.82) is 0 Å². The fourth-order valence-corrected chi connectivity index (χ4v) is 1.64. The van der Waals surface area contributed by atoms with Crippen LogP contribution in [0, 0.1) is 0 Å². The van der Waals surface area contributed by atoms with Gasteiger partial charge in [0.15, 0.2) is 0 Å². The minimum Gasteiger partial charge on any atom is -0.423 e. The number of pyridine rings is 1. The van der Waals surface area contributed by atoms with Crippen LogP contribution < -0.4 is 5.46 Å². The Morgan fingerprint density at radius 2 is 2.07 bits per heavy atom. The molecule has 0 saturated carbocycles. The first kappa shape index (κ1) is 9.33. The van der Waals surface area contributed by atoms with Crippen molar-refractivity contribution in [2.75, 3.05) is 0 Å². The van der Waals surface area contributed by atoms with Crippen LogP contribution in [0.1, 0.15) is 0 Å². The summed E-state index contributed by atoms with van der Waals surface area (Å²) in [5.41, 5.74) is 2.90. The lowest BCUT2D eigenvalue weighted by atomic mass is 9.82. The van der Waals surface area contributed by atoms with Gasteiger partial charge < -0.3 is 10.0 Å². The summed E-state index contributed by atoms with van der Waals surface area (Å²) in [6, 6.07) is 3.37. The van der Waals surface area contributed by atoms with Crippen LogP contribution >= 0.6 is 11.3 Å². The van der Waals surface area contributed by atoms with E-state index in [1.807, 2.05) is 0 Å². The molecule has 0 bridgehead atoms. The van der Waals surface area contributed by atoms with Crippen LogP contribution in [0.5, 0.6) is 0 Å². The van der Waals surface area contributed by atoms with Gasteiger partial charge in [0, 0.05) is 17.9 Å². The van der Waals surface area contributed by atoms with E-state index in [2.05, 4.69) is 9.97 Å². The van der Waals surface area contributed by atoms with Crippen LogP contribution in [0.3, 0.4) is 0 Å². The van der Waals surface area contributed by atoms with Gasteiger partial charge in [-0.2, -0.15) is 0 Å². The van der Waals surface area contributed by atoms with Gasteiger partial charge in [0.05, 0.1) is 16.1 Å². The van der Waals surface area contributed by atoms with Gasteiger partial charge in [-0.15, -0.1) is 11.3 Å². The molecule has 0 aliphatic heterocycles. The summed E-state index contributed by atoms with van der Waals surface area (Å²) in [4.78, 5) is 8.99. The summed E-state index contributed by atoms with van der Waals surface area (Å²) in [6.45, 7) is 0. The number of rotatable bonds is 2. The van der Waals surface area contributed by atoms with Crippen molar-refractivity contribution in [2.24, 2.45) is 0 Å². The summed E-state index contributed by atoms with van der Waals surface area (Å²) >= 11 is 1.49. The second-order valence-corrected chi connectivity index (χ2v) is 3.60. The summed E-state index contributed by atoms with van der Waals surface area (Å²) in [6.07, 6.45) is 3.17. The topological polar surface area (TPSA) is 66.2 Å². The minimum atomic E-state index is -1.46. The van der Waals surface area contributed by atoms with Crippen molar-refractivity contribution < 1.29 is 10.0 Å². The average molecular weight is 206 g/mol. The van der Waals surface area contributed by atoms with Crippen LogP contribution in [-0.2, 0) is 0 Å². The molecule has 0 fully saturated rings. The molecule has 70 valence electrons. The zero-order valence-electron chi connectivity index (χ0n) is 7.16. The highest BCUT2D eigenvalue weighted by molar-refractivity contribution is 7.13. The zero-order chi connectivity index (χ0) is 9.97. The van der Waals surface area contributed by atoms with Gasteiger partial charge in [-0.1, -0.05) is 6.07 Å². The number of thiazole rings is 1. The molecule has 2 rings (SSSR count). The summed E-state index contributed by atoms with van der Waals surface area (Å²) in [5, 5.41) is 17.7. The Morgan fingerprint density at radius 3 is 2.57 bits per heavy atom. The van der Waals surface area contributed by atoms with Crippen molar-refractivity contribution >= 4 is 23.9 Å². The maximum atomic E-state index is 8.85. The van der Waals surface area contributed by atoms with Crippen LogP contribution in [0.4, 0.5) is 0 Å². The predicted octanol–water partition coefficient (Wildman–Crippen LogP) is -0.115. The Labute approximate surface area is 85.0 Å². The van der Waals surface area contributed by atoms with Crippen LogP contribution in [0.15, 0.2) is 30.0 Å². The highest BCUT2D eigenvalue weighted by Crippen LogP contribution is 2.19. The van der Waals surface area contributed by atoms with Gasteiger partial charge in [0.25, 0.3) is 0 Å². The monoisotopic (exact) mass is 206 g/mol. The van der Waals surface area contributed by atoms with E-state index >= 15 is 0 Å². The highest BCUT2D eigenvalue weighted by Gasteiger charge is 2.11. The lowest BCUT2D eigenvalue weighted by Crippen LogP contribution is -2.29. The number of hydrogen-bond donors (Lipinski definition) is 2. The van der Waals surface area contributed by atoms with Gasteiger partial charge in [-0.3, -0.25) is 9.97 Å². The smallest absolute Gasteiger partial charge is 0.423 e. The van der Waals surface area contributed by atoms with Crippen LogP contribution in [-0.4, -0.2) is 27.1 Å². The largest absolute Gasteiger partial charge is 0.490 e. The van der Waals surface area contributed by atoms with Gasteiger partial charge in [-0.25, -0.2) is 0 Å². The maximum absolute atomic E-state index is 8.85. The molecule has 6 heteroatoms. The van der Waals surface area contributed by atoms with Gasteiger partial charge in [0.2, 0.25) is 0 Å². The van der Waals surface area contributed by atoms with E-state index in [0.717, 1.165) is 10.6 Å². The van der Waals surface area contributed by atoms with Gasteiger partial charge in [-0.05, 0) is 6.07 Å². The van der Waals surface area contributed by atoms with E-state index in [0.29, 0.717) is 5.46 Å². The second-order valence-electron chi connectivity index (χ2n) is 2.72. The van der Waals surface area contributed by atoms with Crippen LogP contribution in [0.2, 0.25) is 0 Å². The molecule has 14 heavy (non-hydrogen) atoms. The zero-order valence-corrected chi connectivity index (χ0v) is 7.98. The van der Waals surface area contributed by atoms with Crippen LogP contribution in [0.25, 0.3) is 10.6 Å². The molecular weight excluding hydrogens is 199 g/mol. The molecule has 4 nitrogen and oxygen atoms in total. The Morgan fingerprint density at radius 1 is 1.21 bits per heavy atom.